The number of hydrogen-bond acceptors (Lipinski definition) is 2. The van der Waals surface area contributed by atoms with Gasteiger partial charge in [0, 0.05) is 12.6 Å². The molecule has 0 saturated heterocycles. The summed E-state index contributed by atoms with van der Waals surface area (Å²) in [5.41, 5.74) is 2.28. The number of hydrogen-bond donors (Lipinski definition) is 1. The van der Waals surface area contributed by atoms with Crippen LogP contribution in [-0.4, -0.2) is 6.04 Å². The molecule has 2 aromatic carbocycles. The molecule has 2 nitrogen and oxygen atoms in total. The van der Waals surface area contributed by atoms with Crippen molar-refractivity contribution in [3.05, 3.63) is 57.6 Å². The first kappa shape index (κ1) is 14.7. The van der Waals surface area contributed by atoms with Gasteiger partial charge in [-0.1, -0.05) is 41.4 Å². The molecule has 2 aromatic rings. The van der Waals surface area contributed by atoms with Crippen LogP contribution in [0.5, 0.6) is 11.5 Å². The van der Waals surface area contributed by atoms with Crippen LogP contribution in [0.2, 0.25) is 10.0 Å². The van der Waals surface area contributed by atoms with Gasteiger partial charge in [0.05, 0.1) is 5.02 Å². The molecule has 3 rings (SSSR count). The minimum atomic E-state index is 0.445. The highest BCUT2D eigenvalue weighted by atomic mass is 35.5. The highest BCUT2D eigenvalue weighted by Crippen LogP contribution is 2.35. The van der Waals surface area contributed by atoms with Crippen LogP contribution in [0.3, 0.4) is 0 Å². The topological polar surface area (TPSA) is 21.3 Å². The van der Waals surface area contributed by atoms with Crippen molar-refractivity contribution in [2.75, 3.05) is 0 Å². The third-order valence-corrected chi connectivity index (χ3v) is 4.36. The number of nitrogens with one attached hydrogen (secondary N) is 1. The second kappa shape index (κ2) is 6.27. The standard InChI is InChI=1S/C17H17Cl2NO/c1-11-5-6-12(10-20-13-7-8-13)9-16(11)21-15-4-2-3-14(18)17(15)19/h2-6,9,13,20H,7-8,10H2,1H3. The third kappa shape index (κ3) is 3.70. The lowest BCUT2D eigenvalue weighted by atomic mass is 10.1. The van der Waals surface area contributed by atoms with Crippen LogP contribution < -0.4 is 10.1 Å². The summed E-state index contributed by atoms with van der Waals surface area (Å²) in [6.07, 6.45) is 2.57. The highest BCUT2D eigenvalue weighted by Gasteiger charge is 2.20. The van der Waals surface area contributed by atoms with Crippen LogP contribution >= 0.6 is 23.2 Å². The van der Waals surface area contributed by atoms with Crippen LogP contribution in [-0.2, 0) is 6.54 Å². The molecule has 1 N–H and O–H groups in total. The molecular weight excluding hydrogens is 305 g/mol. The van der Waals surface area contributed by atoms with E-state index in [1.807, 2.05) is 19.1 Å². The molecule has 0 atom stereocenters. The fourth-order valence-corrected chi connectivity index (χ4v) is 2.43. The molecular formula is C17H17Cl2NO. The molecule has 1 aliphatic carbocycles. The first-order chi connectivity index (χ1) is 10.1. The molecule has 110 valence electrons. The minimum Gasteiger partial charge on any atom is -0.455 e. The molecule has 1 aliphatic rings. The maximum Gasteiger partial charge on any atom is 0.147 e. The van der Waals surface area contributed by atoms with Crippen LogP contribution in [0.1, 0.15) is 24.0 Å². The smallest absolute Gasteiger partial charge is 0.147 e. The maximum atomic E-state index is 6.18. The molecule has 0 aliphatic heterocycles. The Bertz CT molecular complexity index is 653. The van der Waals surface area contributed by atoms with E-state index in [1.54, 1.807) is 6.07 Å². The van der Waals surface area contributed by atoms with Crippen molar-refractivity contribution in [2.45, 2.75) is 32.4 Å². The average molecular weight is 322 g/mol. The van der Waals surface area contributed by atoms with E-state index < -0.39 is 0 Å². The van der Waals surface area contributed by atoms with E-state index in [-0.39, 0.29) is 0 Å². The molecule has 0 bridgehead atoms. The Kier molecular flexibility index (Phi) is 4.39. The van der Waals surface area contributed by atoms with Crippen molar-refractivity contribution in [3.8, 4) is 11.5 Å². The fourth-order valence-electron chi connectivity index (χ4n) is 2.10. The van der Waals surface area contributed by atoms with Crippen molar-refractivity contribution in [3.63, 3.8) is 0 Å². The summed E-state index contributed by atoms with van der Waals surface area (Å²) in [6.45, 7) is 2.89. The van der Waals surface area contributed by atoms with Crippen LogP contribution in [0, 0.1) is 6.92 Å². The van der Waals surface area contributed by atoms with Gasteiger partial charge in [0.2, 0.25) is 0 Å². The quantitative estimate of drug-likeness (QED) is 0.801. The molecule has 21 heavy (non-hydrogen) atoms. The molecule has 0 heterocycles. The zero-order valence-corrected chi connectivity index (χ0v) is 13.3. The number of ether oxygens (including phenoxy) is 1. The molecule has 1 fully saturated rings. The van der Waals surface area contributed by atoms with Gasteiger partial charge in [-0.3, -0.25) is 0 Å². The highest BCUT2D eigenvalue weighted by molar-refractivity contribution is 6.42. The number of rotatable bonds is 5. The molecule has 4 heteroatoms. The number of halogens is 2. The van der Waals surface area contributed by atoms with Gasteiger partial charge in [-0.2, -0.15) is 0 Å². The van der Waals surface area contributed by atoms with Crippen LogP contribution in [0.4, 0.5) is 0 Å². The summed E-state index contributed by atoms with van der Waals surface area (Å²) >= 11 is 12.2. The fraction of sp³-hybridized carbons (Fsp3) is 0.294. The van der Waals surface area contributed by atoms with Gasteiger partial charge in [0.1, 0.15) is 16.5 Å². The SMILES string of the molecule is Cc1ccc(CNC2CC2)cc1Oc1cccc(Cl)c1Cl. The number of aryl methyl sites for hydroxylation is 1. The lowest BCUT2D eigenvalue weighted by Gasteiger charge is -2.12. The molecule has 1 saturated carbocycles. The Morgan fingerprint density at radius 3 is 2.71 bits per heavy atom. The summed E-state index contributed by atoms with van der Waals surface area (Å²) in [6, 6.07) is 12.3. The lowest BCUT2D eigenvalue weighted by Crippen LogP contribution is -2.15. The Labute approximate surface area is 135 Å². The summed E-state index contributed by atoms with van der Waals surface area (Å²) < 4.78 is 5.94. The van der Waals surface area contributed by atoms with Gasteiger partial charge in [-0.05, 0) is 49.1 Å². The third-order valence-electron chi connectivity index (χ3n) is 3.56. The largest absolute Gasteiger partial charge is 0.455 e. The predicted octanol–water partition coefficient (Wildman–Crippen LogP) is 5.35. The van der Waals surface area contributed by atoms with E-state index in [2.05, 4.69) is 23.5 Å². The normalized spacial score (nSPS) is 14.2. The zero-order chi connectivity index (χ0) is 14.8. The Hall–Kier alpha value is -1.22. The maximum absolute atomic E-state index is 6.18. The van der Waals surface area contributed by atoms with Gasteiger partial charge in [-0.15, -0.1) is 0 Å². The van der Waals surface area contributed by atoms with Crippen LogP contribution in [0.25, 0.3) is 0 Å². The molecule has 0 unspecified atom stereocenters. The summed E-state index contributed by atoms with van der Waals surface area (Å²) in [4.78, 5) is 0. The van der Waals surface area contributed by atoms with Gasteiger partial charge in [-0.25, -0.2) is 0 Å². The predicted molar refractivity (Wildman–Crippen MR) is 87.6 cm³/mol. The van der Waals surface area contributed by atoms with Crippen molar-refractivity contribution >= 4 is 23.2 Å². The molecule has 0 radical (unpaired) electrons. The molecule has 0 aromatic heterocycles. The second-order valence-electron chi connectivity index (χ2n) is 5.41. The molecule has 0 amide bonds. The van der Waals surface area contributed by atoms with Gasteiger partial charge in [0.25, 0.3) is 0 Å². The van der Waals surface area contributed by atoms with E-state index in [1.165, 1.54) is 18.4 Å². The Morgan fingerprint density at radius 2 is 1.95 bits per heavy atom. The van der Waals surface area contributed by atoms with Gasteiger partial charge < -0.3 is 10.1 Å². The van der Waals surface area contributed by atoms with Crippen LogP contribution in [0.15, 0.2) is 36.4 Å². The molecule has 0 spiro atoms. The zero-order valence-electron chi connectivity index (χ0n) is 11.8. The Morgan fingerprint density at radius 1 is 1.14 bits per heavy atom. The lowest BCUT2D eigenvalue weighted by molar-refractivity contribution is 0.478. The minimum absolute atomic E-state index is 0.445. The summed E-state index contributed by atoms with van der Waals surface area (Å²) in [7, 11) is 0. The Balaban J connectivity index is 1.79. The van der Waals surface area contributed by atoms with E-state index in [4.69, 9.17) is 27.9 Å². The van der Waals surface area contributed by atoms with Crippen molar-refractivity contribution in [2.24, 2.45) is 0 Å². The average Bonchev–Trinajstić information content (AvgIpc) is 3.29. The monoisotopic (exact) mass is 321 g/mol. The second-order valence-corrected chi connectivity index (χ2v) is 6.19. The summed E-state index contributed by atoms with van der Waals surface area (Å²) in [5, 5.41) is 4.44. The van der Waals surface area contributed by atoms with Crippen molar-refractivity contribution in [1.29, 1.82) is 0 Å². The van der Waals surface area contributed by atoms with Gasteiger partial charge >= 0.3 is 0 Å². The van der Waals surface area contributed by atoms with E-state index in [0.29, 0.717) is 21.8 Å². The first-order valence-corrected chi connectivity index (χ1v) is 7.84. The number of benzene rings is 2. The van der Waals surface area contributed by atoms with Crippen molar-refractivity contribution < 1.29 is 4.74 Å². The summed E-state index contributed by atoms with van der Waals surface area (Å²) in [5.74, 6) is 1.40. The van der Waals surface area contributed by atoms with E-state index >= 15 is 0 Å². The van der Waals surface area contributed by atoms with E-state index in [9.17, 15) is 0 Å². The van der Waals surface area contributed by atoms with Gasteiger partial charge in [0.15, 0.2) is 0 Å². The van der Waals surface area contributed by atoms with Crippen molar-refractivity contribution in [1.82, 2.24) is 5.32 Å². The van der Waals surface area contributed by atoms with E-state index in [0.717, 1.165) is 17.9 Å². The first-order valence-electron chi connectivity index (χ1n) is 7.08.